The zero-order valence-corrected chi connectivity index (χ0v) is 27.9. The molecule has 8 nitrogen and oxygen atoms in total. The van der Waals surface area contributed by atoms with Crippen molar-refractivity contribution in [1.82, 2.24) is 0 Å². The minimum Gasteiger partial charge on any atom is -0.457 e. The lowest BCUT2D eigenvalue weighted by atomic mass is 9.90. The number of rotatable bonds is 16. The van der Waals surface area contributed by atoms with E-state index in [1.54, 1.807) is 44.2 Å². The molecule has 0 saturated carbocycles. The summed E-state index contributed by atoms with van der Waals surface area (Å²) >= 11 is 0. The Morgan fingerprint density at radius 2 is 1.43 bits per heavy atom. The second kappa shape index (κ2) is 19.8. The van der Waals surface area contributed by atoms with Crippen molar-refractivity contribution in [3.8, 4) is 17.2 Å². The number of halogens is 2. The number of ether oxygens (including phenoxy) is 3. The lowest BCUT2D eigenvalue weighted by molar-refractivity contribution is -0.121. The molecule has 254 valence electrons. The van der Waals surface area contributed by atoms with Crippen LogP contribution in [0.5, 0.6) is 17.2 Å². The van der Waals surface area contributed by atoms with Gasteiger partial charge in [-0.05, 0) is 68.1 Å². The fraction of sp³-hybridized carbons (Fsp3) is 0.405. The highest BCUT2D eigenvalue weighted by molar-refractivity contribution is 6.02. The largest absolute Gasteiger partial charge is 0.457 e. The number of carbonyl (C=O) groups excluding carboxylic acids is 4. The van der Waals surface area contributed by atoms with Crippen molar-refractivity contribution in [3.05, 3.63) is 83.4 Å². The van der Waals surface area contributed by atoms with Crippen LogP contribution in [0.4, 0.5) is 19.3 Å². The SMILES string of the molecule is CCC(=O)CCC(C)C(C)=O.CCc1ccc(COC(=O)Nc2ccc(Oc3ccccc3)cc2)c(OC(F)F)c1C(=O)C(C)CC. The topological polar surface area (TPSA) is 108 Å². The van der Waals surface area contributed by atoms with Gasteiger partial charge in [-0.1, -0.05) is 65.0 Å². The van der Waals surface area contributed by atoms with Crippen LogP contribution in [0.2, 0.25) is 0 Å². The second-order valence-electron chi connectivity index (χ2n) is 11.1. The van der Waals surface area contributed by atoms with Crippen LogP contribution in [0.15, 0.2) is 66.7 Å². The van der Waals surface area contributed by atoms with Crippen molar-refractivity contribution in [2.24, 2.45) is 11.8 Å². The molecule has 1 N–H and O–H groups in total. The van der Waals surface area contributed by atoms with Crippen molar-refractivity contribution in [3.63, 3.8) is 0 Å². The lowest BCUT2D eigenvalue weighted by Crippen LogP contribution is -2.19. The van der Waals surface area contributed by atoms with Crippen molar-refractivity contribution in [1.29, 1.82) is 0 Å². The highest BCUT2D eigenvalue weighted by Crippen LogP contribution is 2.33. The number of ketones is 3. The fourth-order valence-corrected chi connectivity index (χ4v) is 4.29. The molecule has 0 fully saturated rings. The Hall–Kier alpha value is -4.60. The van der Waals surface area contributed by atoms with E-state index in [2.05, 4.69) is 5.32 Å². The summed E-state index contributed by atoms with van der Waals surface area (Å²) in [4.78, 5) is 46.9. The van der Waals surface area contributed by atoms with Gasteiger partial charge in [0.1, 0.15) is 35.4 Å². The number of hydrogen-bond donors (Lipinski definition) is 1. The maximum absolute atomic E-state index is 13.3. The van der Waals surface area contributed by atoms with E-state index in [9.17, 15) is 28.0 Å². The first-order valence-corrected chi connectivity index (χ1v) is 15.8. The van der Waals surface area contributed by atoms with Crippen LogP contribution >= 0.6 is 0 Å². The molecule has 2 unspecified atom stereocenters. The summed E-state index contributed by atoms with van der Waals surface area (Å²) in [6.07, 6.45) is 2.07. The molecule has 1 amide bonds. The van der Waals surface area contributed by atoms with E-state index in [1.807, 2.05) is 58.0 Å². The summed E-state index contributed by atoms with van der Waals surface area (Å²) in [5.41, 5.74) is 1.35. The number of alkyl halides is 2. The normalized spacial score (nSPS) is 11.9. The van der Waals surface area contributed by atoms with E-state index >= 15 is 0 Å². The standard InChI is InChI=1S/C28H29F2NO5.C9H16O2/c1-4-18(3)25(32)24-19(5-2)11-12-20(26(24)36-27(29)30)17-34-28(33)31-21-13-15-23(16-14-21)35-22-9-7-6-8-10-22;1-4-9(11)6-5-7(2)8(3)10/h6-16,18,27H,4-5,17H2,1-3H3,(H,31,33);7H,4-6H2,1-3H3. The van der Waals surface area contributed by atoms with E-state index in [4.69, 9.17) is 14.2 Å². The Kier molecular flexibility index (Phi) is 16.3. The van der Waals surface area contributed by atoms with Gasteiger partial charge in [0.15, 0.2) is 5.78 Å². The van der Waals surface area contributed by atoms with E-state index < -0.39 is 12.7 Å². The maximum atomic E-state index is 13.3. The number of Topliss-reactive ketones (excluding diaryl/α,β-unsaturated/α-hetero) is 3. The van der Waals surface area contributed by atoms with Gasteiger partial charge >= 0.3 is 12.7 Å². The Morgan fingerprint density at radius 3 is 1.98 bits per heavy atom. The number of aryl methyl sites for hydroxylation is 1. The van der Waals surface area contributed by atoms with Crippen LogP contribution in [0.25, 0.3) is 0 Å². The molecule has 3 rings (SSSR count). The summed E-state index contributed by atoms with van der Waals surface area (Å²) in [7, 11) is 0. The molecule has 0 saturated heterocycles. The smallest absolute Gasteiger partial charge is 0.411 e. The van der Waals surface area contributed by atoms with E-state index in [-0.39, 0.29) is 52.7 Å². The maximum Gasteiger partial charge on any atom is 0.411 e. The minimum atomic E-state index is -3.13. The van der Waals surface area contributed by atoms with E-state index in [1.165, 1.54) is 6.07 Å². The summed E-state index contributed by atoms with van der Waals surface area (Å²) < 4.78 is 42.3. The Bertz CT molecular complexity index is 1460. The van der Waals surface area contributed by atoms with Gasteiger partial charge in [-0.3, -0.25) is 19.7 Å². The molecule has 0 aliphatic carbocycles. The lowest BCUT2D eigenvalue weighted by Gasteiger charge is -2.20. The van der Waals surface area contributed by atoms with Crippen LogP contribution in [-0.2, 0) is 27.4 Å². The molecule has 0 aliphatic heterocycles. The zero-order valence-electron chi connectivity index (χ0n) is 27.9. The number of carbonyl (C=O) groups is 4. The average molecular weight is 654 g/mol. The molecule has 0 aromatic heterocycles. The Balaban J connectivity index is 0.000000597. The highest BCUT2D eigenvalue weighted by Gasteiger charge is 2.26. The minimum absolute atomic E-state index is 0.0468. The third-order valence-corrected chi connectivity index (χ3v) is 7.60. The van der Waals surface area contributed by atoms with Crippen LogP contribution in [0, 0.1) is 11.8 Å². The van der Waals surface area contributed by atoms with Gasteiger partial charge < -0.3 is 14.2 Å². The molecular weight excluding hydrogens is 608 g/mol. The fourth-order valence-electron chi connectivity index (χ4n) is 4.29. The molecule has 0 aliphatic rings. The number of para-hydroxylation sites is 1. The number of hydrogen-bond acceptors (Lipinski definition) is 7. The second-order valence-corrected chi connectivity index (χ2v) is 11.1. The van der Waals surface area contributed by atoms with Crippen LogP contribution < -0.4 is 14.8 Å². The third kappa shape index (κ3) is 13.0. The van der Waals surface area contributed by atoms with Gasteiger partial charge in [-0.15, -0.1) is 0 Å². The number of nitrogens with one attached hydrogen (secondary N) is 1. The van der Waals surface area contributed by atoms with Crippen molar-refractivity contribution < 1.29 is 42.2 Å². The molecule has 47 heavy (non-hydrogen) atoms. The molecule has 0 heterocycles. The molecular formula is C37H45F2NO7. The molecule has 0 radical (unpaired) electrons. The molecule has 3 aromatic rings. The van der Waals surface area contributed by atoms with Crippen LogP contribution in [-0.4, -0.2) is 30.1 Å². The molecule has 10 heteroatoms. The number of anilines is 1. The van der Waals surface area contributed by atoms with Crippen LogP contribution in [0.3, 0.4) is 0 Å². The molecule has 2 atom stereocenters. The monoisotopic (exact) mass is 653 g/mol. The van der Waals surface area contributed by atoms with Crippen LogP contribution in [0.1, 0.15) is 88.7 Å². The third-order valence-electron chi connectivity index (χ3n) is 7.60. The first-order valence-electron chi connectivity index (χ1n) is 15.8. The molecule has 0 spiro atoms. The highest BCUT2D eigenvalue weighted by atomic mass is 19.3. The van der Waals surface area contributed by atoms with Gasteiger partial charge in [0.05, 0.1) is 5.56 Å². The quantitative estimate of drug-likeness (QED) is 0.153. The van der Waals surface area contributed by atoms with Gasteiger partial charge in [0.25, 0.3) is 0 Å². The van der Waals surface area contributed by atoms with Crippen molar-refractivity contribution in [2.45, 2.75) is 86.9 Å². The molecule has 3 aromatic carbocycles. The predicted molar refractivity (Wildman–Crippen MR) is 177 cm³/mol. The van der Waals surface area contributed by atoms with E-state index in [0.717, 1.165) is 0 Å². The predicted octanol–water partition coefficient (Wildman–Crippen LogP) is 9.59. The Labute approximate surface area is 275 Å². The van der Waals surface area contributed by atoms with Gasteiger partial charge in [-0.25, -0.2) is 4.79 Å². The summed E-state index contributed by atoms with van der Waals surface area (Å²) in [5, 5.41) is 2.58. The van der Waals surface area contributed by atoms with Gasteiger partial charge in [0.2, 0.25) is 0 Å². The number of benzene rings is 3. The summed E-state index contributed by atoms with van der Waals surface area (Å²) in [6.45, 7) is 7.21. The van der Waals surface area contributed by atoms with Crippen molar-refractivity contribution >= 4 is 29.1 Å². The van der Waals surface area contributed by atoms with Gasteiger partial charge in [0, 0.05) is 35.9 Å². The summed E-state index contributed by atoms with van der Waals surface area (Å²) in [6, 6.07) is 19.1. The van der Waals surface area contributed by atoms with Crippen molar-refractivity contribution in [2.75, 3.05) is 5.32 Å². The zero-order chi connectivity index (χ0) is 34.9. The molecule has 0 bridgehead atoms. The Morgan fingerprint density at radius 1 is 0.809 bits per heavy atom. The summed E-state index contributed by atoms with van der Waals surface area (Å²) in [5.74, 6) is 0.836. The number of amides is 1. The first-order chi connectivity index (χ1) is 22.4. The average Bonchev–Trinajstić information content (AvgIpc) is 3.06. The van der Waals surface area contributed by atoms with E-state index in [0.29, 0.717) is 54.9 Å². The first kappa shape index (κ1) is 38.6. The van der Waals surface area contributed by atoms with Gasteiger partial charge in [-0.2, -0.15) is 8.78 Å².